The fraction of sp³-hybridized carbons (Fsp3) is 0.0909. The lowest BCUT2D eigenvalue weighted by molar-refractivity contribution is 0.441. The first-order chi connectivity index (χ1) is 8.19. The largest absolute Gasteiger partial charge is 0.423 e. The molecule has 0 spiro atoms. The highest BCUT2D eigenvalue weighted by Crippen LogP contribution is 2.28. The molecule has 0 amide bonds. The first-order valence-corrected chi connectivity index (χ1v) is 6.00. The lowest BCUT2D eigenvalue weighted by atomic mass is 10.2. The van der Waals surface area contributed by atoms with Gasteiger partial charge in [-0.3, -0.25) is 0 Å². The van der Waals surface area contributed by atoms with Crippen molar-refractivity contribution in [2.45, 2.75) is 6.54 Å². The molecule has 1 aromatic heterocycles. The van der Waals surface area contributed by atoms with Gasteiger partial charge in [0.15, 0.2) is 0 Å². The predicted octanol–water partition coefficient (Wildman–Crippen LogP) is 3.14. The SMILES string of the molecule is NCc1ccc(Oc2ncc(Br)cn2)c(Cl)c1. The van der Waals surface area contributed by atoms with Gasteiger partial charge in [0.05, 0.1) is 9.50 Å². The molecule has 88 valence electrons. The molecule has 0 aliphatic carbocycles. The second-order valence-electron chi connectivity index (χ2n) is 3.25. The number of benzene rings is 1. The summed E-state index contributed by atoms with van der Waals surface area (Å²) in [5, 5.41) is 0.486. The minimum Gasteiger partial charge on any atom is -0.423 e. The molecule has 2 aromatic rings. The second kappa shape index (κ2) is 5.44. The van der Waals surface area contributed by atoms with Crippen molar-refractivity contribution in [1.29, 1.82) is 0 Å². The molecule has 2 rings (SSSR count). The topological polar surface area (TPSA) is 61.0 Å². The van der Waals surface area contributed by atoms with Crippen molar-refractivity contribution in [2.24, 2.45) is 5.73 Å². The van der Waals surface area contributed by atoms with Gasteiger partial charge in [-0.25, -0.2) is 9.97 Å². The maximum atomic E-state index is 6.04. The van der Waals surface area contributed by atoms with Crippen molar-refractivity contribution in [2.75, 3.05) is 0 Å². The van der Waals surface area contributed by atoms with Crippen LogP contribution in [-0.4, -0.2) is 9.97 Å². The average molecular weight is 315 g/mol. The van der Waals surface area contributed by atoms with Crippen molar-refractivity contribution < 1.29 is 4.74 Å². The van der Waals surface area contributed by atoms with E-state index in [1.807, 2.05) is 6.07 Å². The average Bonchev–Trinajstić information content (AvgIpc) is 2.34. The molecule has 0 atom stereocenters. The molecule has 0 aliphatic rings. The predicted molar refractivity (Wildman–Crippen MR) is 69.1 cm³/mol. The zero-order valence-corrected chi connectivity index (χ0v) is 11.1. The number of rotatable bonds is 3. The van der Waals surface area contributed by atoms with Crippen molar-refractivity contribution in [1.82, 2.24) is 9.97 Å². The Morgan fingerprint density at radius 1 is 1.29 bits per heavy atom. The summed E-state index contributed by atoms with van der Waals surface area (Å²) in [6, 6.07) is 5.60. The van der Waals surface area contributed by atoms with Gasteiger partial charge >= 0.3 is 6.01 Å². The van der Waals surface area contributed by atoms with Crippen LogP contribution in [0.3, 0.4) is 0 Å². The highest BCUT2D eigenvalue weighted by molar-refractivity contribution is 9.10. The second-order valence-corrected chi connectivity index (χ2v) is 4.58. The summed E-state index contributed by atoms with van der Waals surface area (Å²) in [5.41, 5.74) is 6.45. The highest BCUT2D eigenvalue weighted by Gasteiger charge is 2.05. The van der Waals surface area contributed by atoms with Crippen molar-refractivity contribution in [3.63, 3.8) is 0 Å². The van der Waals surface area contributed by atoms with E-state index in [-0.39, 0.29) is 6.01 Å². The molecule has 1 heterocycles. The van der Waals surface area contributed by atoms with E-state index in [1.165, 1.54) is 0 Å². The summed E-state index contributed by atoms with van der Waals surface area (Å²) in [6.07, 6.45) is 3.20. The Kier molecular flexibility index (Phi) is 3.93. The molecule has 0 saturated heterocycles. The van der Waals surface area contributed by atoms with Crippen molar-refractivity contribution >= 4 is 27.5 Å². The van der Waals surface area contributed by atoms with Gasteiger partial charge < -0.3 is 10.5 Å². The van der Waals surface area contributed by atoms with E-state index in [9.17, 15) is 0 Å². The molecular weight excluding hydrogens is 305 g/mol. The zero-order chi connectivity index (χ0) is 12.3. The van der Waals surface area contributed by atoms with Crippen LogP contribution in [0.15, 0.2) is 35.1 Å². The smallest absolute Gasteiger partial charge is 0.321 e. The van der Waals surface area contributed by atoms with Gasteiger partial charge in [0.1, 0.15) is 5.75 Å². The van der Waals surface area contributed by atoms with Gasteiger partial charge in [-0.2, -0.15) is 0 Å². The van der Waals surface area contributed by atoms with Crippen LogP contribution < -0.4 is 10.5 Å². The molecule has 0 radical (unpaired) electrons. The molecule has 17 heavy (non-hydrogen) atoms. The number of aromatic nitrogens is 2. The van der Waals surface area contributed by atoms with Gasteiger partial charge in [-0.1, -0.05) is 17.7 Å². The molecule has 4 nitrogen and oxygen atoms in total. The third-order valence-corrected chi connectivity index (χ3v) is 2.73. The Morgan fingerprint density at radius 2 is 2.00 bits per heavy atom. The molecule has 0 saturated carbocycles. The number of hydrogen-bond acceptors (Lipinski definition) is 4. The van der Waals surface area contributed by atoms with Gasteiger partial charge in [0, 0.05) is 18.9 Å². The fourth-order valence-electron chi connectivity index (χ4n) is 1.21. The van der Waals surface area contributed by atoms with Crippen LogP contribution in [0.2, 0.25) is 5.02 Å². The monoisotopic (exact) mass is 313 g/mol. The Balaban J connectivity index is 2.21. The minimum absolute atomic E-state index is 0.246. The van der Waals surface area contributed by atoms with Crippen LogP contribution in [0.25, 0.3) is 0 Å². The van der Waals surface area contributed by atoms with E-state index >= 15 is 0 Å². The molecule has 0 bridgehead atoms. The van der Waals surface area contributed by atoms with E-state index < -0.39 is 0 Å². The molecule has 6 heteroatoms. The van der Waals surface area contributed by atoms with Crippen LogP contribution in [-0.2, 0) is 6.54 Å². The van der Waals surface area contributed by atoms with Crippen LogP contribution in [0.5, 0.6) is 11.8 Å². The van der Waals surface area contributed by atoms with E-state index in [1.54, 1.807) is 24.5 Å². The van der Waals surface area contributed by atoms with E-state index in [4.69, 9.17) is 22.1 Å². The van der Waals surface area contributed by atoms with Gasteiger partial charge in [0.25, 0.3) is 0 Å². The van der Waals surface area contributed by atoms with E-state index in [2.05, 4.69) is 25.9 Å². The van der Waals surface area contributed by atoms with Crippen LogP contribution in [0, 0.1) is 0 Å². The Morgan fingerprint density at radius 3 is 2.59 bits per heavy atom. The molecule has 0 aliphatic heterocycles. The van der Waals surface area contributed by atoms with Crippen molar-refractivity contribution in [3.05, 3.63) is 45.7 Å². The number of halogens is 2. The maximum absolute atomic E-state index is 6.04. The minimum atomic E-state index is 0.246. The van der Waals surface area contributed by atoms with Crippen LogP contribution >= 0.6 is 27.5 Å². The lowest BCUT2D eigenvalue weighted by Crippen LogP contribution is -1.97. The fourth-order valence-corrected chi connectivity index (χ4v) is 1.65. The van der Waals surface area contributed by atoms with Crippen LogP contribution in [0.4, 0.5) is 0 Å². The molecule has 0 fully saturated rings. The molecule has 0 unspecified atom stereocenters. The Bertz CT molecular complexity index is 519. The quantitative estimate of drug-likeness (QED) is 0.945. The highest BCUT2D eigenvalue weighted by atomic mass is 79.9. The Hall–Kier alpha value is -1.17. The number of hydrogen-bond donors (Lipinski definition) is 1. The molecule has 2 N–H and O–H groups in total. The van der Waals surface area contributed by atoms with Gasteiger partial charge in [0.2, 0.25) is 0 Å². The standard InChI is InChI=1S/C11H9BrClN3O/c12-8-5-15-11(16-6-8)17-10-2-1-7(4-14)3-9(10)13/h1-3,5-6H,4,14H2. The number of ether oxygens (including phenoxy) is 1. The summed E-state index contributed by atoms with van der Waals surface area (Å²) in [6.45, 7) is 0.439. The maximum Gasteiger partial charge on any atom is 0.321 e. The number of nitrogens with zero attached hydrogens (tertiary/aromatic N) is 2. The normalized spacial score (nSPS) is 10.3. The summed E-state index contributed by atoms with van der Waals surface area (Å²) in [4.78, 5) is 7.99. The third kappa shape index (κ3) is 3.15. The third-order valence-electron chi connectivity index (χ3n) is 2.03. The molecule has 1 aromatic carbocycles. The van der Waals surface area contributed by atoms with Gasteiger partial charge in [-0.05, 0) is 33.6 Å². The Labute approximate surface area is 112 Å². The first kappa shape index (κ1) is 12.3. The van der Waals surface area contributed by atoms with E-state index in [0.717, 1.165) is 10.0 Å². The lowest BCUT2D eigenvalue weighted by Gasteiger charge is -2.06. The summed E-state index contributed by atoms with van der Waals surface area (Å²) < 4.78 is 6.23. The van der Waals surface area contributed by atoms with E-state index in [0.29, 0.717) is 17.3 Å². The zero-order valence-electron chi connectivity index (χ0n) is 8.73. The summed E-state index contributed by atoms with van der Waals surface area (Å²) in [5.74, 6) is 0.506. The van der Waals surface area contributed by atoms with Crippen LogP contribution in [0.1, 0.15) is 5.56 Å². The first-order valence-electron chi connectivity index (χ1n) is 4.83. The molecular formula is C11H9BrClN3O. The number of nitrogens with two attached hydrogens (primary N) is 1. The summed E-state index contributed by atoms with van der Waals surface area (Å²) >= 11 is 9.29. The summed E-state index contributed by atoms with van der Waals surface area (Å²) in [7, 11) is 0. The van der Waals surface area contributed by atoms with Crippen molar-refractivity contribution in [3.8, 4) is 11.8 Å². The van der Waals surface area contributed by atoms with Gasteiger partial charge in [-0.15, -0.1) is 0 Å².